The molecule has 0 unspecified atom stereocenters. The van der Waals surface area contributed by atoms with Gasteiger partial charge in [-0.25, -0.2) is 4.98 Å². The Morgan fingerprint density at radius 2 is 2.00 bits per heavy atom. The lowest BCUT2D eigenvalue weighted by Crippen LogP contribution is -2.27. The third-order valence-corrected chi connectivity index (χ3v) is 4.91. The topological polar surface area (TPSA) is 63.5 Å². The molecule has 0 fully saturated rings. The van der Waals surface area contributed by atoms with E-state index in [-0.39, 0.29) is 11.5 Å². The predicted molar refractivity (Wildman–Crippen MR) is 96.0 cm³/mol. The smallest absolute Gasteiger partial charge is 0.258 e. The molecule has 0 radical (unpaired) electrons. The molecule has 0 aliphatic heterocycles. The molecule has 0 aliphatic carbocycles. The summed E-state index contributed by atoms with van der Waals surface area (Å²) in [6.45, 7) is 6.29. The van der Waals surface area contributed by atoms with Crippen LogP contribution in [0.4, 0.5) is 0 Å². The van der Waals surface area contributed by atoms with Crippen LogP contribution >= 0.6 is 11.3 Å². The summed E-state index contributed by atoms with van der Waals surface area (Å²) in [7, 11) is 0. The number of aryl methyl sites for hydroxylation is 3. The number of rotatable bonds is 4. The number of carbonyl (C=O) groups excluding carboxylic acids is 1. The van der Waals surface area contributed by atoms with Crippen LogP contribution in [0.25, 0.3) is 4.96 Å². The van der Waals surface area contributed by atoms with Crippen molar-refractivity contribution >= 4 is 22.2 Å². The van der Waals surface area contributed by atoms with Crippen LogP contribution in [0.5, 0.6) is 0 Å². The highest BCUT2D eigenvalue weighted by Crippen LogP contribution is 2.13. The van der Waals surface area contributed by atoms with Gasteiger partial charge in [-0.05, 0) is 44.0 Å². The number of carbonyl (C=O) groups is 1. The molecule has 0 aliphatic rings. The van der Waals surface area contributed by atoms with Gasteiger partial charge in [0.25, 0.3) is 11.5 Å². The van der Waals surface area contributed by atoms with Gasteiger partial charge in [0.05, 0.1) is 0 Å². The quantitative estimate of drug-likeness (QED) is 0.793. The van der Waals surface area contributed by atoms with Gasteiger partial charge >= 0.3 is 0 Å². The lowest BCUT2D eigenvalue weighted by atomic mass is 10.1. The molecular weight excluding hydrogens is 322 g/mol. The Balaban J connectivity index is 1.69. The van der Waals surface area contributed by atoms with Crippen LogP contribution in [0.3, 0.4) is 0 Å². The molecule has 1 N–H and O–H groups in total. The van der Waals surface area contributed by atoms with Gasteiger partial charge in [-0.2, -0.15) is 0 Å². The van der Waals surface area contributed by atoms with E-state index in [1.807, 2.05) is 44.4 Å². The van der Waals surface area contributed by atoms with Crippen LogP contribution in [-0.4, -0.2) is 21.8 Å². The van der Waals surface area contributed by atoms with Crippen molar-refractivity contribution in [2.24, 2.45) is 0 Å². The second-order valence-corrected chi connectivity index (χ2v) is 6.72. The largest absolute Gasteiger partial charge is 0.352 e. The van der Waals surface area contributed by atoms with Gasteiger partial charge < -0.3 is 5.32 Å². The lowest BCUT2D eigenvalue weighted by molar-refractivity contribution is 0.0954. The molecule has 2 aromatic heterocycles. The highest BCUT2D eigenvalue weighted by Gasteiger charge is 2.10. The Labute approximate surface area is 144 Å². The van der Waals surface area contributed by atoms with E-state index < -0.39 is 0 Å². The number of hydrogen-bond acceptors (Lipinski definition) is 4. The van der Waals surface area contributed by atoms with Crippen molar-refractivity contribution in [2.75, 3.05) is 6.54 Å². The van der Waals surface area contributed by atoms with Crippen molar-refractivity contribution in [3.8, 4) is 0 Å². The van der Waals surface area contributed by atoms with Crippen LogP contribution < -0.4 is 10.9 Å². The van der Waals surface area contributed by atoms with Crippen LogP contribution in [0.15, 0.2) is 34.4 Å². The highest BCUT2D eigenvalue weighted by atomic mass is 32.1. The number of thiazole rings is 1. The number of fused-ring (bicyclic) bond motifs is 1. The highest BCUT2D eigenvalue weighted by molar-refractivity contribution is 7.15. The first-order chi connectivity index (χ1) is 11.5. The van der Waals surface area contributed by atoms with Gasteiger partial charge in [-0.3, -0.25) is 14.0 Å². The van der Waals surface area contributed by atoms with Gasteiger partial charge in [0.2, 0.25) is 0 Å². The molecule has 2 heterocycles. The average Bonchev–Trinajstić information content (AvgIpc) is 2.93. The first-order valence-electron chi connectivity index (χ1n) is 7.78. The standard InChI is InChI=1S/C18H19N3O2S/c1-11-4-5-14(8-12(11)2)17(23)19-7-6-15-10-24-18-20-13(3)9-16(22)21(15)18/h4-5,8-10H,6-7H2,1-3H3,(H,19,23). The van der Waals surface area contributed by atoms with E-state index in [1.165, 1.54) is 23.0 Å². The maximum Gasteiger partial charge on any atom is 0.258 e. The second-order valence-electron chi connectivity index (χ2n) is 5.89. The van der Waals surface area contributed by atoms with Crippen molar-refractivity contribution in [3.05, 3.63) is 68.1 Å². The van der Waals surface area contributed by atoms with Gasteiger partial charge in [0, 0.05) is 41.4 Å². The number of amides is 1. The minimum atomic E-state index is -0.0982. The molecule has 0 saturated carbocycles. The molecule has 1 aromatic carbocycles. The number of aromatic nitrogens is 2. The summed E-state index contributed by atoms with van der Waals surface area (Å²) in [6, 6.07) is 7.19. The van der Waals surface area contributed by atoms with Crippen molar-refractivity contribution in [1.82, 2.24) is 14.7 Å². The molecule has 0 atom stereocenters. The van der Waals surface area contributed by atoms with Crippen LogP contribution in [0.2, 0.25) is 0 Å². The number of nitrogens with one attached hydrogen (secondary N) is 1. The first kappa shape index (κ1) is 16.4. The SMILES string of the molecule is Cc1cc(=O)n2c(CCNC(=O)c3ccc(C)c(C)c3)csc2n1. The molecule has 0 saturated heterocycles. The van der Waals surface area contributed by atoms with E-state index in [4.69, 9.17) is 0 Å². The summed E-state index contributed by atoms with van der Waals surface area (Å²) in [5, 5.41) is 4.83. The molecule has 1 amide bonds. The number of hydrogen-bond donors (Lipinski definition) is 1. The van der Waals surface area contributed by atoms with Crippen molar-refractivity contribution in [2.45, 2.75) is 27.2 Å². The van der Waals surface area contributed by atoms with Crippen molar-refractivity contribution < 1.29 is 4.79 Å². The summed E-state index contributed by atoms with van der Waals surface area (Å²) in [5.41, 5.74) is 4.43. The monoisotopic (exact) mass is 341 g/mol. The van der Waals surface area contributed by atoms with E-state index >= 15 is 0 Å². The van der Waals surface area contributed by atoms with Crippen LogP contribution in [0, 0.1) is 20.8 Å². The van der Waals surface area contributed by atoms with Gasteiger partial charge in [0.1, 0.15) is 0 Å². The Morgan fingerprint density at radius 1 is 1.21 bits per heavy atom. The average molecular weight is 341 g/mol. The van der Waals surface area contributed by atoms with Crippen molar-refractivity contribution in [1.29, 1.82) is 0 Å². The van der Waals surface area contributed by atoms with E-state index in [1.54, 1.807) is 4.40 Å². The molecular formula is C18H19N3O2S. The fourth-order valence-corrected chi connectivity index (χ4v) is 3.52. The maximum absolute atomic E-state index is 12.2. The van der Waals surface area contributed by atoms with Crippen LogP contribution in [0.1, 0.15) is 32.9 Å². The van der Waals surface area contributed by atoms with Gasteiger partial charge in [-0.1, -0.05) is 6.07 Å². The fourth-order valence-electron chi connectivity index (χ4n) is 2.55. The molecule has 3 rings (SSSR count). The second kappa shape index (κ2) is 6.57. The minimum Gasteiger partial charge on any atom is -0.352 e. The molecule has 6 heteroatoms. The lowest BCUT2D eigenvalue weighted by Gasteiger charge is -2.07. The van der Waals surface area contributed by atoms with Gasteiger partial charge in [-0.15, -0.1) is 11.3 Å². The molecule has 3 aromatic rings. The maximum atomic E-state index is 12.2. The molecule has 124 valence electrons. The van der Waals surface area contributed by atoms with Gasteiger partial charge in [0.15, 0.2) is 4.96 Å². The Kier molecular flexibility index (Phi) is 4.49. The molecule has 0 bridgehead atoms. The third-order valence-electron chi connectivity index (χ3n) is 4.04. The van der Waals surface area contributed by atoms with E-state index in [9.17, 15) is 9.59 Å². The normalized spacial score (nSPS) is 11.0. The number of benzene rings is 1. The first-order valence-corrected chi connectivity index (χ1v) is 8.66. The third kappa shape index (κ3) is 3.23. The van der Waals surface area contributed by atoms with E-state index in [0.717, 1.165) is 17.0 Å². The Morgan fingerprint density at radius 3 is 2.75 bits per heavy atom. The predicted octanol–water partition coefficient (Wildman–Crippen LogP) is 2.65. The van der Waals surface area contributed by atoms with E-state index in [0.29, 0.717) is 23.5 Å². The summed E-state index contributed by atoms with van der Waals surface area (Å²) in [5.74, 6) is -0.0982. The molecule has 5 nitrogen and oxygen atoms in total. The van der Waals surface area contributed by atoms with Crippen molar-refractivity contribution in [3.63, 3.8) is 0 Å². The summed E-state index contributed by atoms with van der Waals surface area (Å²) < 4.78 is 1.61. The summed E-state index contributed by atoms with van der Waals surface area (Å²) in [4.78, 5) is 29.4. The fraction of sp³-hybridized carbons (Fsp3) is 0.278. The van der Waals surface area contributed by atoms with Crippen LogP contribution in [-0.2, 0) is 6.42 Å². The summed E-state index contributed by atoms with van der Waals surface area (Å²) in [6.07, 6.45) is 0.585. The molecule has 24 heavy (non-hydrogen) atoms. The number of nitrogens with zero attached hydrogens (tertiary/aromatic N) is 2. The zero-order valence-electron chi connectivity index (χ0n) is 13.9. The summed E-state index contributed by atoms with van der Waals surface area (Å²) >= 11 is 1.44. The van der Waals surface area contributed by atoms with E-state index in [2.05, 4.69) is 10.3 Å². The zero-order chi connectivity index (χ0) is 17.3. The zero-order valence-corrected chi connectivity index (χ0v) is 14.7. The Bertz CT molecular complexity index is 972. The minimum absolute atomic E-state index is 0.0748. The Hall–Kier alpha value is -2.47. The molecule has 0 spiro atoms.